The molecule has 1 aromatic rings. The molecule has 2 heterocycles. The number of hydrogen-bond donors (Lipinski definition) is 2. The van der Waals surface area contributed by atoms with E-state index in [1.165, 1.54) is 15.6 Å². The third-order valence-electron chi connectivity index (χ3n) is 5.48. The van der Waals surface area contributed by atoms with Crippen LogP contribution in [0.4, 0.5) is 0 Å². The number of rotatable bonds is 7. The Labute approximate surface area is 154 Å². The number of carbonyl (C=O) groups is 1. The summed E-state index contributed by atoms with van der Waals surface area (Å²) in [6.45, 7) is 7.00. The predicted octanol–water partition coefficient (Wildman–Crippen LogP) is 1.78. The maximum Gasteiger partial charge on any atom is 0.252 e. The molecule has 1 saturated heterocycles. The molecule has 1 spiro atoms. The van der Waals surface area contributed by atoms with Gasteiger partial charge in [-0.3, -0.25) is 4.79 Å². The zero-order chi connectivity index (χ0) is 18.1. The Balaban J connectivity index is 1.56. The maximum absolute atomic E-state index is 12.5. The molecule has 1 aliphatic heterocycles. The Kier molecular flexibility index (Phi) is 5.53. The van der Waals surface area contributed by atoms with Crippen molar-refractivity contribution in [2.24, 2.45) is 11.3 Å². The first-order valence-corrected chi connectivity index (χ1v) is 11.3. The van der Waals surface area contributed by atoms with E-state index in [-0.39, 0.29) is 17.2 Å². The standard InChI is InChI=1S/C17H27N3O3S2/c1-3-20(4-2)25(22,23)15-6-5-13(24-15)12-19-16(21)14-11-17(14)7-9-18-10-8-17/h5-6,14,18H,3-4,7-12H2,1-2H3,(H,19,21). The fourth-order valence-electron chi connectivity index (χ4n) is 3.78. The van der Waals surface area contributed by atoms with Gasteiger partial charge >= 0.3 is 0 Å². The Morgan fingerprint density at radius 3 is 2.64 bits per heavy atom. The van der Waals surface area contributed by atoms with Gasteiger partial charge in [0.05, 0.1) is 6.54 Å². The minimum absolute atomic E-state index is 0.114. The summed E-state index contributed by atoms with van der Waals surface area (Å²) in [7, 11) is -3.41. The van der Waals surface area contributed by atoms with Crippen molar-refractivity contribution < 1.29 is 13.2 Å². The highest BCUT2D eigenvalue weighted by atomic mass is 32.2. The monoisotopic (exact) mass is 385 g/mol. The van der Waals surface area contributed by atoms with E-state index in [1.807, 2.05) is 13.8 Å². The van der Waals surface area contributed by atoms with Crippen molar-refractivity contribution in [3.8, 4) is 0 Å². The summed E-state index contributed by atoms with van der Waals surface area (Å²) in [6.07, 6.45) is 3.15. The minimum Gasteiger partial charge on any atom is -0.351 e. The van der Waals surface area contributed by atoms with E-state index in [4.69, 9.17) is 0 Å². The maximum atomic E-state index is 12.5. The van der Waals surface area contributed by atoms with Crippen LogP contribution in [0.3, 0.4) is 0 Å². The van der Waals surface area contributed by atoms with Crippen molar-refractivity contribution in [1.82, 2.24) is 14.9 Å². The Morgan fingerprint density at radius 1 is 1.32 bits per heavy atom. The first kappa shape index (κ1) is 18.8. The molecule has 3 rings (SSSR count). The second-order valence-electron chi connectivity index (χ2n) is 6.90. The molecule has 6 nitrogen and oxygen atoms in total. The van der Waals surface area contributed by atoms with Gasteiger partial charge in [0.15, 0.2) is 0 Å². The molecule has 1 amide bonds. The molecular formula is C17H27N3O3S2. The van der Waals surface area contributed by atoms with Crippen molar-refractivity contribution in [3.63, 3.8) is 0 Å². The van der Waals surface area contributed by atoms with Crippen LogP contribution in [0, 0.1) is 11.3 Å². The van der Waals surface area contributed by atoms with Gasteiger partial charge < -0.3 is 10.6 Å². The van der Waals surface area contributed by atoms with Gasteiger partial charge in [-0.25, -0.2) is 8.42 Å². The summed E-state index contributed by atoms with van der Waals surface area (Å²) in [5.41, 5.74) is 0.224. The number of nitrogens with zero attached hydrogens (tertiary/aromatic N) is 1. The molecule has 1 aromatic heterocycles. The topological polar surface area (TPSA) is 78.5 Å². The zero-order valence-corrected chi connectivity index (χ0v) is 16.5. The van der Waals surface area contributed by atoms with Crippen molar-refractivity contribution in [3.05, 3.63) is 17.0 Å². The lowest BCUT2D eigenvalue weighted by Gasteiger charge is -2.23. The zero-order valence-electron chi connectivity index (χ0n) is 14.9. The minimum atomic E-state index is -3.41. The number of piperidine rings is 1. The van der Waals surface area contributed by atoms with E-state index in [0.717, 1.165) is 37.2 Å². The van der Waals surface area contributed by atoms with E-state index in [0.29, 0.717) is 23.8 Å². The van der Waals surface area contributed by atoms with E-state index in [2.05, 4.69) is 10.6 Å². The molecule has 8 heteroatoms. The quantitative estimate of drug-likeness (QED) is 0.750. The summed E-state index contributed by atoms with van der Waals surface area (Å²) >= 11 is 1.25. The first-order valence-electron chi connectivity index (χ1n) is 9.00. The highest BCUT2D eigenvalue weighted by Gasteiger charge is 2.57. The van der Waals surface area contributed by atoms with Crippen LogP contribution in [0.5, 0.6) is 0 Å². The first-order chi connectivity index (χ1) is 11.9. The molecule has 140 valence electrons. The van der Waals surface area contributed by atoms with E-state index >= 15 is 0 Å². The number of sulfonamides is 1. The van der Waals surface area contributed by atoms with Gasteiger partial charge in [0.2, 0.25) is 5.91 Å². The average molecular weight is 386 g/mol. The second-order valence-corrected chi connectivity index (χ2v) is 10.2. The molecule has 2 fully saturated rings. The normalized spacial score (nSPS) is 22.3. The van der Waals surface area contributed by atoms with Gasteiger partial charge in [0.1, 0.15) is 4.21 Å². The van der Waals surface area contributed by atoms with Crippen LogP contribution in [0.15, 0.2) is 16.3 Å². The largest absolute Gasteiger partial charge is 0.351 e. The molecule has 1 aliphatic carbocycles. The summed E-state index contributed by atoms with van der Waals surface area (Å²) in [5.74, 6) is 0.247. The van der Waals surface area contributed by atoms with Crippen LogP contribution < -0.4 is 10.6 Å². The predicted molar refractivity (Wildman–Crippen MR) is 98.9 cm³/mol. The highest BCUT2D eigenvalue weighted by Crippen LogP contribution is 2.58. The molecule has 0 aromatic carbocycles. The number of nitrogens with one attached hydrogen (secondary N) is 2. The lowest BCUT2D eigenvalue weighted by Crippen LogP contribution is -2.33. The summed E-state index contributed by atoms with van der Waals surface area (Å²) < 4.78 is 26.8. The molecule has 1 saturated carbocycles. The highest BCUT2D eigenvalue weighted by molar-refractivity contribution is 7.91. The fourth-order valence-corrected chi connectivity index (χ4v) is 6.68. The third kappa shape index (κ3) is 3.77. The Morgan fingerprint density at radius 2 is 2.00 bits per heavy atom. The molecule has 25 heavy (non-hydrogen) atoms. The average Bonchev–Trinajstić information content (AvgIpc) is 3.07. The lowest BCUT2D eigenvalue weighted by atomic mass is 9.92. The van der Waals surface area contributed by atoms with Crippen molar-refractivity contribution in [2.75, 3.05) is 26.2 Å². The Hall–Kier alpha value is -0.960. The smallest absolute Gasteiger partial charge is 0.252 e. The fraction of sp³-hybridized carbons (Fsp3) is 0.706. The number of hydrogen-bond acceptors (Lipinski definition) is 5. The lowest BCUT2D eigenvalue weighted by molar-refractivity contribution is -0.123. The second kappa shape index (κ2) is 7.34. The van der Waals surface area contributed by atoms with E-state index < -0.39 is 10.0 Å². The number of thiophene rings is 1. The molecule has 1 atom stereocenters. The molecule has 2 aliphatic rings. The number of carbonyl (C=O) groups excluding carboxylic acids is 1. The van der Waals surface area contributed by atoms with Crippen LogP contribution in [0.2, 0.25) is 0 Å². The Bertz CT molecular complexity index is 719. The molecule has 0 bridgehead atoms. The van der Waals surface area contributed by atoms with Crippen molar-refractivity contribution >= 4 is 27.3 Å². The molecular weight excluding hydrogens is 358 g/mol. The van der Waals surface area contributed by atoms with Crippen LogP contribution in [0.25, 0.3) is 0 Å². The molecule has 1 unspecified atom stereocenters. The molecule has 0 radical (unpaired) electrons. The summed E-state index contributed by atoms with van der Waals surface area (Å²) in [6, 6.07) is 3.44. The van der Waals surface area contributed by atoms with Gasteiger partial charge in [-0.05, 0) is 49.9 Å². The van der Waals surface area contributed by atoms with Gasteiger partial charge in [0, 0.05) is 23.9 Å². The van der Waals surface area contributed by atoms with Crippen LogP contribution in [-0.2, 0) is 21.4 Å². The van der Waals surface area contributed by atoms with Gasteiger partial charge in [-0.15, -0.1) is 11.3 Å². The summed E-state index contributed by atoms with van der Waals surface area (Å²) in [5, 5.41) is 6.34. The number of amides is 1. The summed E-state index contributed by atoms with van der Waals surface area (Å²) in [4.78, 5) is 13.3. The van der Waals surface area contributed by atoms with Gasteiger partial charge in [0.25, 0.3) is 10.0 Å². The van der Waals surface area contributed by atoms with Crippen LogP contribution >= 0.6 is 11.3 Å². The van der Waals surface area contributed by atoms with Gasteiger partial charge in [-0.2, -0.15) is 4.31 Å². The van der Waals surface area contributed by atoms with E-state index in [9.17, 15) is 13.2 Å². The van der Waals surface area contributed by atoms with Crippen LogP contribution in [-0.4, -0.2) is 44.8 Å². The van der Waals surface area contributed by atoms with Gasteiger partial charge in [-0.1, -0.05) is 13.8 Å². The van der Waals surface area contributed by atoms with E-state index in [1.54, 1.807) is 12.1 Å². The third-order valence-corrected chi connectivity index (χ3v) is 9.08. The van der Waals surface area contributed by atoms with Crippen molar-refractivity contribution in [1.29, 1.82) is 0 Å². The van der Waals surface area contributed by atoms with Crippen LogP contribution in [0.1, 0.15) is 38.0 Å². The SMILES string of the molecule is CCN(CC)S(=O)(=O)c1ccc(CNC(=O)C2CC23CCNCC3)s1. The molecule has 2 N–H and O–H groups in total. The van der Waals surface area contributed by atoms with Crippen molar-refractivity contribution in [2.45, 2.75) is 43.9 Å².